The van der Waals surface area contributed by atoms with Crippen LogP contribution in [0.1, 0.15) is 24.8 Å². The lowest BCUT2D eigenvalue weighted by molar-refractivity contribution is -0.133. The number of amides is 1. The molecule has 2 rings (SSSR count). The third-order valence-electron chi connectivity index (χ3n) is 3.74. The fourth-order valence-electron chi connectivity index (χ4n) is 2.55. The van der Waals surface area contributed by atoms with Gasteiger partial charge >= 0.3 is 0 Å². The monoisotopic (exact) mass is 283 g/mol. The molecule has 0 radical (unpaired) electrons. The van der Waals surface area contributed by atoms with E-state index in [1.165, 1.54) is 6.07 Å². The van der Waals surface area contributed by atoms with Crippen molar-refractivity contribution in [3.8, 4) is 0 Å². The van der Waals surface area contributed by atoms with E-state index in [1.807, 2.05) is 0 Å². The Morgan fingerprint density at radius 3 is 2.85 bits per heavy atom. The smallest absolute Gasteiger partial charge is 0.222 e. The zero-order valence-corrected chi connectivity index (χ0v) is 11.3. The highest BCUT2D eigenvalue weighted by Gasteiger charge is 2.22. The van der Waals surface area contributed by atoms with Gasteiger partial charge in [0.05, 0.1) is 0 Å². The van der Waals surface area contributed by atoms with Crippen LogP contribution in [0.15, 0.2) is 18.2 Å². The van der Waals surface area contributed by atoms with Crippen molar-refractivity contribution in [3.63, 3.8) is 0 Å². The van der Waals surface area contributed by atoms with E-state index in [0.29, 0.717) is 25.1 Å². The summed E-state index contributed by atoms with van der Waals surface area (Å²) in [6.45, 7) is 1.41. The molecule has 0 saturated carbocycles. The molecule has 1 aliphatic heterocycles. The summed E-state index contributed by atoms with van der Waals surface area (Å²) in [5, 5.41) is 9.14. The number of aliphatic hydroxyl groups excluding tert-OH is 1. The summed E-state index contributed by atoms with van der Waals surface area (Å²) in [7, 11) is 0. The molecule has 0 aromatic heterocycles. The van der Waals surface area contributed by atoms with Gasteiger partial charge in [0.15, 0.2) is 11.6 Å². The summed E-state index contributed by atoms with van der Waals surface area (Å²) in [6.07, 6.45) is 2.53. The number of carbonyl (C=O) groups excluding carboxylic acids is 1. The van der Waals surface area contributed by atoms with Crippen molar-refractivity contribution < 1.29 is 18.7 Å². The molecule has 1 aromatic carbocycles. The molecular weight excluding hydrogens is 264 g/mol. The Balaban J connectivity index is 1.86. The van der Waals surface area contributed by atoms with Gasteiger partial charge in [-0.2, -0.15) is 0 Å². The van der Waals surface area contributed by atoms with Crippen LogP contribution in [0.3, 0.4) is 0 Å². The summed E-state index contributed by atoms with van der Waals surface area (Å²) >= 11 is 0. The van der Waals surface area contributed by atoms with Crippen molar-refractivity contribution in [1.29, 1.82) is 0 Å². The molecule has 1 aromatic rings. The number of aryl methyl sites for hydroxylation is 1. The number of likely N-dealkylation sites (tertiary alicyclic amines) is 1. The third-order valence-corrected chi connectivity index (χ3v) is 3.74. The average Bonchev–Trinajstić information content (AvgIpc) is 2.48. The fourth-order valence-corrected chi connectivity index (χ4v) is 2.55. The minimum Gasteiger partial charge on any atom is -0.396 e. The highest BCUT2D eigenvalue weighted by molar-refractivity contribution is 5.76. The second kappa shape index (κ2) is 6.79. The molecule has 1 heterocycles. The standard InChI is InChI=1S/C15H19F2NO2/c16-13-5-3-11(8-14(13)17)4-6-15(20)18-7-1-2-12(9-18)10-19/h3,5,8,12,19H,1-2,4,6-7,9-10H2. The molecular formula is C15H19F2NO2. The van der Waals surface area contributed by atoms with Gasteiger partial charge in [-0.1, -0.05) is 6.07 Å². The maximum atomic E-state index is 13.1. The summed E-state index contributed by atoms with van der Waals surface area (Å²) in [4.78, 5) is 13.8. The van der Waals surface area contributed by atoms with E-state index in [4.69, 9.17) is 5.11 Å². The number of piperidine rings is 1. The molecule has 5 heteroatoms. The van der Waals surface area contributed by atoms with Gasteiger partial charge < -0.3 is 10.0 Å². The lowest BCUT2D eigenvalue weighted by Crippen LogP contribution is -2.41. The molecule has 1 unspecified atom stereocenters. The SMILES string of the molecule is O=C(CCc1ccc(F)c(F)c1)N1CCCC(CO)C1. The average molecular weight is 283 g/mol. The number of hydrogen-bond donors (Lipinski definition) is 1. The molecule has 1 atom stereocenters. The summed E-state index contributed by atoms with van der Waals surface area (Å²) in [5.41, 5.74) is 0.618. The number of aliphatic hydroxyl groups is 1. The van der Waals surface area contributed by atoms with Crippen LogP contribution in [0, 0.1) is 17.6 Å². The minimum absolute atomic E-state index is 0.00730. The van der Waals surface area contributed by atoms with E-state index < -0.39 is 11.6 Å². The molecule has 0 bridgehead atoms. The van der Waals surface area contributed by atoms with Gasteiger partial charge in [-0.05, 0) is 42.9 Å². The first-order valence-corrected chi connectivity index (χ1v) is 6.92. The second-order valence-corrected chi connectivity index (χ2v) is 5.28. The topological polar surface area (TPSA) is 40.5 Å². The van der Waals surface area contributed by atoms with Crippen LogP contribution in [-0.4, -0.2) is 35.6 Å². The van der Waals surface area contributed by atoms with Gasteiger partial charge in [-0.3, -0.25) is 4.79 Å². The van der Waals surface area contributed by atoms with Crippen molar-refractivity contribution in [3.05, 3.63) is 35.4 Å². The van der Waals surface area contributed by atoms with E-state index in [-0.39, 0.29) is 24.9 Å². The third kappa shape index (κ3) is 3.76. The van der Waals surface area contributed by atoms with Crippen molar-refractivity contribution in [1.82, 2.24) is 4.90 Å². The summed E-state index contributed by atoms with van der Waals surface area (Å²) in [5.74, 6) is -1.58. The van der Waals surface area contributed by atoms with Crippen molar-refractivity contribution in [2.24, 2.45) is 5.92 Å². The number of rotatable bonds is 4. The minimum atomic E-state index is -0.881. The first-order valence-electron chi connectivity index (χ1n) is 6.92. The Labute approximate surface area is 117 Å². The molecule has 1 saturated heterocycles. The van der Waals surface area contributed by atoms with Gasteiger partial charge in [0.25, 0.3) is 0 Å². The molecule has 1 amide bonds. The van der Waals surface area contributed by atoms with Crippen LogP contribution < -0.4 is 0 Å². The highest BCUT2D eigenvalue weighted by atomic mass is 19.2. The van der Waals surface area contributed by atoms with E-state index in [0.717, 1.165) is 25.0 Å². The Kier molecular flexibility index (Phi) is 5.06. The van der Waals surface area contributed by atoms with E-state index in [2.05, 4.69) is 0 Å². The second-order valence-electron chi connectivity index (χ2n) is 5.28. The predicted molar refractivity (Wildman–Crippen MR) is 71.1 cm³/mol. The zero-order chi connectivity index (χ0) is 14.5. The first-order chi connectivity index (χ1) is 9.60. The number of carbonyl (C=O) groups is 1. The molecule has 20 heavy (non-hydrogen) atoms. The van der Waals surface area contributed by atoms with E-state index in [1.54, 1.807) is 4.90 Å². The molecule has 1 fully saturated rings. The molecule has 1 N–H and O–H groups in total. The Morgan fingerprint density at radius 1 is 1.35 bits per heavy atom. The number of hydrogen-bond acceptors (Lipinski definition) is 2. The number of halogens is 2. The summed E-state index contributed by atoms with van der Waals surface area (Å²) < 4.78 is 25.9. The Morgan fingerprint density at radius 2 is 2.15 bits per heavy atom. The number of nitrogens with zero attached hydrogens (tertiary/aromatic N) is 1. The largest absolute Gasteiger partial charge is 0.396 e. The van der Waals surface area contributed by atoms with Crippen molar-refractivity contribution in [2.75, 3.05) is 19.7 Å². The quantitative estimate of drug-likeness (QED) is 0.919. The summed E-state index contributed by atoms with van der Waals surface area (Å²) in [6, 6.07) is 3.71. The van der Waals surface area contributed by atoms with Crippen LogP contribution in [-0.2, 0) is 11.2 Å². The Hall–Kier alpha value is -1.49. The molecule has 0 spiro atoms. The van der Waals surface area contributed by atoms with Gasteiger partial charge in [0.2, 0.25) is 5.91 Å². The van der Waals surface area contributed by atoms with Gasteiger partial charge in [-0.25, -0.2) is 8.78 Å². The van der Waals surface area contributed by atoms with E-state index >= 15 is 0 Å². The van der Waals surface area contributed by atoms with Gasteiger partial charge in [0.1, 0.15) is 0 Å². The van der Waals surface area contributed by atoms with Crippen molar-refractivity contribution in [2.45, 2.75) is 25.7 Å². The maximum Gasteiger partial charge on any atom is 0.222 e. The van der Waals surface area contributed by atoms with Gasteiger partial charge in [0, 0.05) is 26.1 Å². The zero-order valence-electron chi connectivity index (χ0n) is 11.3. The normalized spacial score (nSPS) is 19.1. The lowest BCUT2D eigenvalue weighted by atomic mass is 9.98. The molecule has 3 nitrogen and oxygen atoms in total. The molecule has 1 aliphatic rings. The van der Waals surface area contributed by atoms with Crippen molar-refractivity contribution >= 4 is 5.91 Å². The van der Waals surface area contributed by atoms with Crippen LogP contribution in [0.5, 0.6) is 0 Å². The van der Waals surface area contributed by atoms with Crippen LogP contribution in [0.4, 0.5) is 8.78 Å². The maximum absolute atomic E-state index is 13.1. The number of benzene rings is 1. The van der Waals surface area contributed by atoms with Crippen LogP contribution in [0.2, 0.25) is 0 Å². The lowest BCUT2D eigenvalue weighted by Gasteiger charge is -2.32. The highest BCUT2D eigenvalue weighted by Crippen LogP contribution is 2.17. The van der Waals surface area contributed by atoms with E-state index in [9.17, 15) is 13.6 Å². The van der Waals surface area contributed by atoms with Crippen LogP contribution >= 0.6 is 0 Å². The Bertz CT molecular complexity index is 479. The van der Waals surface area contributed by atoms with Gasteiger partial charge in [-0.15, -0.1) is 0 Å². The fraction of sp³-hybridized carbons (Fsp3) is 0.533. The predicted octanol–water partition coefficient (Wildman–Crippen LogP) is 2.13. The van der Waals surface area contributed by atoms with Crippen LogP contribution in [0.25, 0.3) is 0 Å². The molecule has 110 valence electrons. The first kappa shape index (κ1) is 14.9. The molecule has 0 aliphatic carbocycles.